The van der Waals surface area contributed by atoms with Crippen LogP contribution in [-0.2, 0) is 16.4 Å². The van der Waals surface area contributed by atoms with Gasteiger partial charge in [-0.25, -0.2) is 23.1 Å². The van der Waals surface area contributed by atoms with Crippen LogP contribution in [0.15, 0.2) is 0 Å². The van der Waals surface area contributed by atoms with E-state index in [1.165, 1.54) is 0 Å². The van der Waals surface area contributed by atoms with Crippen LogP contribution in [0.5, 0.6) is 0 Å². The van der Waals surface area contributed by atoms with Gasteiger partial charge in [0.15, 0.2) is 0 Å². The Bertz CT molecular complexity index is 599. The normalized spacial score (nSPS) is 12.4. The molecule has 8 heteroatoms. The zero-order valence-electron chi connectivity index (χ0n) is 13.3. The third kappa shape index (κ3) is 5.84. The van der Waals surface area contributed by atoms with Gasteiger partial charge in [-0.2, -0.15) is 0 Å². The summed E-state index contributed by atoms with van der Waals surface area (Å²) in [4.78, 5) is 8.69. The average molecular weight is 315 g/mol. The van der Waals surface area contributed by atoms with Gasteiger partial charge in [-0.15, -0.1) is 0 Å². The summed E-state index contributed by atoms with van der Waals surface area (Å²) in [5.74, 6) is 1.79. The third-order valence-electron chi connectivity index (χ3n) is 2.86. The van der Waals surface area contributed by atoms with Crippen LogP contribution in [0.25, 0.3) is 0 Å². The molecule has 0 spiro atoms. The molecule has 0 aliphatic carbocycles. The summed E-state index contributed by atoms with van der Waals surface area (Å²) in [6.07, 6.45) is 2.83. The number of nitrogen functional groups attached to an aromatic ring is 1. The first-order valence-electron chi connectivity index (χ1n) is 6.90. The lowest BCUT2D eigenvalue weighted by Gasteiger charge is -2.26. The minimum atomic E-state index is -3.27. The van der Waals surface area contributed by atoms with Crippen molar-refractivity contribution < 1.29 is 8.42 Å². The first kappa shape index (κ1) is 17.6. The van der Waals surface area contributed by atoms with Crippen molar-refractivity contribution in [3.63, 3.8) is 0 Å². The fraction of sp³-hybridized carbons (Fsp3) is 0.692. The molecule has 0 fully saturated rings. The van der Waals surface area contributed by atoms with Crippen LogP contribution in [0.1, 0.15) is 38.6 Å². The second-order valence-electron chi connectivity index (χ2n) is 5.86. The van der Waals surface area contributed by atoms with Crippen LogP contribution in [0, 0.1) is 6.92 Å². The lowest BCUT2D eigenvalue weighted by Crippen LogP contribution is -2.48. The molecule has 0 bridgehead atoms. The molecule has 0 saturated heterocycles. The highest BCUT2D eigenvalue weighted by molar-refractivity contribution is 7.88. The Hall–Kier alpha value is -1.41. The van der Waals surface area contributed by atoms with Crippen LogP contribution in [0.3, 0.4) is 0 Å². The van der Waals surface area contributed by atoms with Crippen LogP contribution >= 0.6 is 0 Å². The van der Waals surface area contributed by atoms with Gasteiger partial charge in [0.05, 0.1) is 6.26 Å². The van der Waals surface area contributed by atoms with Crippen LogP contribution in [0.2, 0.25) is 0 Å². The maximum atomic E-state index is 11.3. The summed E-state index contributed by atoms with van der Waals surface area (Å²) >= 11 is 0. The molecule has 0 unspecified atom stereocenters. The largest absolute Gasteiger partial charge is 0.383 e. The molecule has 4 N–H and O–H groups in total. The molecule has 1 aromatic heterocycles. The highest BCUT2D eigenvalue weighted by Crippen LogP contribution is 2.18. The highest BCUT2D eigenvalue weighted by atomic mass is 32.2. The van der Waals surface area contributed by atoms with Crippen molar-refractivity contribution in [1.29, 1.82) is 0 Å². The number of nitrogens with zero attached hydrogens (tertiary/aromatic N) is 2. The van der Waals surface area contributed by atoms with E-state index in [9.17, 15) is 8.42 Å². The molecule has 0 saturated carbocycles. The summed E-state index contributed by atoms with van der Waals surface area (Å²) in [6.45, 7) is 7.88. The van der Waals surface area contributed by atoms with Crippen molar-refractivity contribution in [2.75, 3.05) is 23.9 Å². The number of aryl methyl sites for hydroxylation is 1. The Kier molecular flexibility index (Phi) is 5.52. The lowest BCUT2D eigenvalue weighted by atomic mass is 10.1. The average Bonchev–Trinajstić information content (AvgIpc) is 2.29. The van der Waals surface area contributed by atoms with E-state index in [4.69, 9.17) is 5.73 Å². The summed E-state index contributed by atoms with van der Waals surface area (Å²) < 4.78 is 25.2. The predicted octanol–water partition coefficient (Wildman–Crippen LogP) is 1.06. The molecule has 0 atom stereocenters. The van der Waals surface area contributed by atoms with Crippen LogP contribution < -0.4 is 15.8 Å². The van der Waals surface area contributed by atoms with Crippen molar-refractivity contribution >= 4 is 21.7 Å². The molecule has 120 valence electrons. The Balaban J connectivity index is 2.88. The number of anilines is 2. The van der Waals surface area contributed by atoms with Gasteiger partial charge >= 0.3 is 0 Å². The lowest BCUT2D eigenvalue weighted by molar-refractivity contribution is 0.475. The quantitative estimate of drug-likeness (QED) is 0.694. The molecule has 1 rings (SSSR count). The maximum Gasteiger partial charge on any atom is 0.209 e. The molecule has 0 amide bonds. The predicted molar refractivity (Wildman–Crippen MR) is 85.7 cm³/mol. The standard InChI is InChI=1S/C13H25N5O2S/c1-6-7-10-16-11(14)9(2)12(17-10)15-8-13(3,4)18-21(5,19)20/h18H,6-8H2,1-5H3,(H3,14,15,16,17). The summed E-state index contributed by atoms with van der Waals surface area (Å²) in [6, 6.07) is 0. The van der Waals surface area contributed by atoms with Gasteiger partial charge in [-0.3, -0.25) is 0 Å². The van der Waals surface area contributed by atoms with Crippen LogP contribution in [0.4, 0.5) is 11.6 Å². The van der Waals surface area contributed by atoms with Gasteiger partial charge in [0.25, 0.3) is 0 Å². The SMILES string of the molecule is CCCc1nc(N)c(C)c(NCC(C)(C)NS(C)(=O)=O)n1. The van der Waals surface area contributed by atoms with Crippen LogP contribution in [-0.4, -0.2) is 36.7 Å². The fourth-order valence-corrected chi connectivity index (χ4v) is 3.01. The number of hydrogen-bond acceptors (Lipinski definition) is 6. The molecule has 0 radical (unpaired) electrons. The zero-order chi connectivity index (χ0) is 16.3. The summed E-state index contributed by atoms with van der Waals surface area (Å²) in [5, 5.41) is 3.16. The number of nitrogens with one attached hydrogen (secondary N) is 2. The van der Waals surface area contributed by atoms with Crippen molar-refractivity contribution in [2.45, 2.75) is 46.1 Å². The monoisotopic (exact) mass is 315 g/mol. The van der Waals surface area contributed by atoms with Crippen molar-refractivity contribution in [1.82, 2.24) is 14.7 Å². The highest BCUT2D eigenvalue weighted by Gasteiger charge is 2.22. The summed E-state index contributed by atoms with van der Waals surface area (Å²) in [7, 11) is -3.27. The van der Waals surface area contributed by atoms with Gasteiger partial charge in [-0.1, -0.05) is 6.92 Å². The molecule has 21 heavy (non-hydrogen) atoms. The Morgan fingerprint density at radius 3 is 2.43 bits per heavy atom. The molecule has 0 aromatic carbocycles. The molecular weight excluding hydrogens is 290 g/mol. The second-order valence-corrected chi connectivity index (χ2v) is 7.61. The van der Waals surface area contributed by atoms with Crippen molar-refractivity contribution in [2.24, 2.45) is 0 Å². The van der Waals surface area contributed by atoms with E-state index >= 15 is 0 Å². The van der Waals surface area contributed by atoms with Gasteiger partial charge < -0.3 is 11.1 Å². The van der Waals surface area contributed by atoms with E-state index in [-0.39, 0.29) is 0 Å². The molecule has 1 heterocycles. The van der Waals surface area contributed by atoms with Gasteiger partial charge in [0, 0.05) is 24.1 Å². The van der Waals surface area contributed by atoms with Gasteiger partial charge in [0.1, 0.15) is 17.5 Å². The Morgan fingerprint density at radius 1 is 1.29 bits per heavy atom. The molecule has 0 aliphatic heterocycles. The first-order chi connectivity index (χ1) is 9.54. The van der Waals surface area contributed by atoms with E-state index in [2.05, 4.69) is 20.0 Å². The van der Waals surface area contributed by atoms with Crippen molar-refractivity contribution in [3.8, 4) is 0 Å². The third-order valence-corrected chi connectivity index (χ3v) is 3.79. The second kappa shape index (κ2) is 6.57. The summed E-state index contributed by atoms with van der Waals surface area (Å²) in [5.41, 5.74) is 6.02. The van der Waals surface area contributed by atoms with E-state index in [1.54, 1.807) is 13.8 Å². The molecular formula is C13H25N5O2S. The van der Waals surface area contributed by atoms with Gasteiger partial charge in [-0.05, 0) is 27.2 Å². The van der Waals surface area contributed by atoms with Crippen molar-refractivity contribution in [3.05, 3.63) is 11.4 Å². The van der Waals surface area contributed by atoms with E-state index in [0.717, 1.165) is 24.7 Å². The first-order valence-corrected chi connectivity index (χ1v) is 8.79. The van der Waals surface area contributed by atoms with Gasteiger partial charge in [0.2, 0.25) is 10.0 Å². The zero-order valence-corrected chi connectivity index (χ0v) is 14.1. The fourth-order valence-electron chi connectivity index (χ4n) is 1.93. The Labute approximate surface area is 126 Å². The molecule has 0 aliphatic rings. The molecule has 1 aromatic rings. The topological polar surface area (TPSA) is 110 Å². The number of hydrogen-bond donors (Lipinski definition) is 3. The smallest absolute Gasteiger partial charge is 0.209 e. The minimum absolute atomic E-state index is 0.392. The number of nitrogens with two attached hydrogens (primary N) is 1. The number of rotatable bonds is 7. The number of aromatic nitrogens is 2. The Morgan fingerprint density at radius 2 is 1.90 bits per heavy atom. The minimum Gasteiger partial charge on any atom is -0.383 e. The molecule has 7 nitrogen and oxygen atoms in total. The van der Waals surface area contributed by atoms with E-state index in [0.29, 0.717) is 24.0 Å². The van der Waals surface area contributed by atoms with E-state index < -0.39 is 15.6 Å². The maximum absolute atomic E-state index is 11.3. The number of sulfonamides is 1. The van der Waals surface area contributed by atoms with E-state index in [1.807, 2.05) is 13.8 Å².